The van der Waals surface area contributed by atoms with Gasteiger partial charge in [0.15, 0.2) is 0 Å². The molecule has 1 heterocycles. The number of nitrogens with zero attached hydrogens (tertiary/aromatic N) is 1. The van der Waals surface area contributed by atoms with Crippen LogP contribution in [0.1, 0.15) is 12.0 Å². The molecule has 0 radical (unpaired) electrons. The first-order valence-corrected chi connectivity index (χ1v) is 9.78. The Kier molecular flexibility index (Phi) is 4.51. The van der Waals surface area contributed by atoms with E-state index in [1.54, 1.807) is 24.3 Å². The second kappa shape index (κ2) is 6.45. The zero-order valence-electron chi connectivity index (χ0n) is 13.0. The Morgan fingerprint density at radius 3 is 2.08 bits per heavy atom. The van der Waals surface area contributed by atoms with Crippen molar-refractivity contribution in [2.75, 3.05) is 11.4 Å². The maximum atomic E-state index is 12.0. The molecule has 0 saturated carbocycles. The summed E-state index contributed by atoms with van der Waals surface area (Å²) < 4.78 is 28.5. The van der Waals surface area contributed by atoms with Crippen LogP contribution < -0.4 is 9.64 Å². The highest BCUT2D eigenvalue weighted by Crippen LogP contribution is 2.29. The van der Waals surface area contributed by atoms with Crippen LogP contribution in [0.15, 0.2) is 48.5 Å². The van der Waals surface area contributed by atoms with E-state index in [4.69, 9.17) is 15.4 Å². The van der Waals surface area contributed by atoms with Gasteiger partial charge in [-0.15, -0.1) is 0 Å². The predicted octanol–water partition coefficient (Wildman–Crippen LogP) is 3.46. The van der Waals surface area contributed by atoms with E-state index in [1.165, 1.54) is 4.90 Å². The fourth-order valence-electron chi connectivity index (χ4n) is 2.55. The number of benzene rings is 2. The number of amides is 1. The summed E-state index contributed by atoms with van der Waals surface area (Å²) in [5.41, 5.74) is 1.77. The lowest BCUT2D eigenvalue weighted by Gasteiger charge is -2.16. The number of ether oxygens (including phenoxy) is 1. The number of hydrogen-bond donors (Lipinski definition) is 0. The molecule has 7 heteroatoms. The smallest absolute Gasteiger partial charge is 0.237 e. The van der Waals surface area contributed by atoms with Gasteiger partial charge >= 0.3 is 0 Å². The highest BCUT2D eigenvalue weighted by atomic mass is 35.7. The minimum absolute atomic E-state index is 0.0723. The molecule has 0 bridgehead atoms. The predicted molar refractivity (Wildman–Crippen MR) is 93.2 cm³/mol. The zero-order valence-corrected chi connectivity index (χ0v) is 14.5. The third-order valence-electron chi connectivity index (χ3n) is 3.89. The van der Waals surface area contributed by atoms with Crippen molar-refractivity contribution in [3.8, 4) is 11.5 Å². The van der Waals surface area contributed by atoms with Gasteiger partial charge in [0.1, 0.15) is 16.7 Å². The summed E-state index contributed by atoms with van der Waals surface area (Å²) in [6.07, 6.45) is -0.0898. The third-order valence-corrected chi connectivity index (χ3v) is 5.76. The van der Waals surface area contributed by atoms with Crippen molar-refractivity contribution in [3.63, 3.8) is 0 Å². The van der Waals surface area contributed by atoms with Crippen molar-refractivity contribution in [1.29, 1.82) is 0 Å². The molecular formula is C17H16ClNO4S. The van der Waals surface area contributed by atoms with Crippen molar-refractivity contribution < 1.29 is 17.9 Å². The first-order valence-electron chi connectivity index (χ1n) is 7.41. The minimum atomic E-state index is -3.74. The number of carbonyl (C=O) groups excluding carboxylic acids is 1. The van der Waals surface area contributed by atoms with Gasteiger partial charge in [-0.1, -0.05) is 17.7 Å². The lowest BCUT2D eigenvalue weighted by Crippen LogP contribution is -2.26. The summed E-state index contributed by atoms with van der Waals surface area (Å²) in [4.78, 5) is 13.4. The quantitative estimate of drug-likeness (QED) is 0.778. The highest BCUT2D eigenvalue weighted by Gasteiger charge is 2.37. The molecule has 1 amide bonds. The molecule has 5 nitrogen and oxygen atoms in total. The Bertz CT molecular complexity index is 847. The maximum Gasteiger partial charge on any atom is 0.237 e. The molecule has 1 aliphatic rings. The maximum absolute atomic E-state index is 12.0. The molecule has 1 aliphatic heterocycles. The average Bonchev–Trinajstić information content (AvgIpc) is 2.93. The molecule has 3 rings (SSSR count). The van der Waals surface area contributed by atoms with Crippen LogP contribution in [0.25, 0.3) is 0 Å². The molecule has 2 aromatic rings. The summed E-state index contributed by atoms with van der Waals surface area (Å²) in [5, 5.41) is -0.866. The average molecular weight is 366 g/mol. The van der Waals surface area contributed by atoms with Crippen LogP contribution in [-0.2, 0) is 13.8 Å². The van der Waals surface area contributed by atoms with Crippen LogP contribution in [0.2, 0.25) is 0 Å². The summed E-state index contributed by atoms with van der Waals surface area (Å²) in [6, 6.07) is 14.6. The van der Waals surface area contributed by atoms with Crippen LogP contribution >= 0.6 is 10.7 Å². The first-order chi connectivity index (χ1) is 11.3. The molecular weight excluding hydrogens is 350 g/mol. The van der Waals surface area contributed by atoms with Gasteiger partial charge in [-0.05, 0) is 43.3 Å². The zero-order chi connectivity index (χ0) is 17.3. The van der Waals surface area contributed by atoms with Gasteiger partial charge in [-0.25, -0.2) is 8.42 Å². The van der Waals surface area contributed by atoms with Crippen LogP contribution in [0.5, 0.6) is 11.5 Å². The normalized spacial score (nSPS) is 18.0. The largest absolute Gasteiger partial charge is 0.457 e. The van der Waals surface area contributed by atoms with Gasteiger partial charge in [0.05, 0.1) is 0 Å². The van der Waals surface area contributed by atoms with Gasteiger partial charge in [-0.2, -0.15) is 0 Å². The van der Waals surface area contributed by atoms with E-state index >= 15 is 0 Å². The van der Waals surface area contributed by atoms with Crippen molar-refractivity contribution in [3.05, 3.63) is 54.1 Å². The molecule has 0 aliphatic carbocycles. The van der Waals surface area contributed by atoms with Gasteiger partial charge in [0, 0.05) is 29.3 Å². The number of anilines is 1. The number of rotatable bonds is 4. The lowest BCUT2D eigenvalue weighted by molar-refractivity contribution is -0.117. The van der Waals surface area contributed by atoms with E-state index in [9.17, 15) is 13.2 Å². The standard InChI is InChI=1S/C17H16ClNO4S/c1-12-2-6-14(7-3-12)23-15-8-4-13(5-9-15)19-11-16(10-17(19)20)24(18,21)22/h2-9,16H,10-11H2,1H3. The van der Waals surface area contributed by atoms with Gasteiger partial charge in [-0.3, -0.25) is 4.79 Å². The number of hydrogen-bond acceptors (Lipinski definition) is 4. The van der Waals surface area contributed by atoms with Gasteiger partial charge in [0.25, 0.3) is 0 Å². The number of carbonyl (C=O) groups is 1. The summed E-state index contributed by atoms with van der Waals surface area (Å²) >= 11 is 0. The molecule has 1 saturated heterocycles. The van der Waals surface area contributed by atoms with Crippen molar-refractivity contribution in [1.82, 2.24) is 0 Å². The summed E-state index contributed by atoms with van der Waals surface area (Å²) in [5.74, 6) is 1.10. The second-order valence-corrected chi connectivity index (χ2v) is 8.62. The van der Waals surface area contributed by atoms with E-state index in [2.05, 4.69) is 0 Å². The second-order valence-electron chi connectivity index (χ2n) is 5.72. The molecule has 0 aromatic heterocycles. The molecule has 126 valence electrons. The third kappa shape index (κ3) is 3.71. The van der Waals surface area contributed by atoms with Crippen LogP contribution in [-0.4, -0.2) is 26.1 Å². The van der Waals surface area contributed by atoms with Crippen molar-refractivity contribution in [2.24, 2.45) is 0 Å². The summed E-state index contributed by atoms with van der Waals surface area (Å²) in [7, 11) is 1.61. The molecule has 0 spiro atoms. The van der Waals surface area contributed by atoms with E-state index in [0.29, 0.717) is 11.4 Å². The Hall–Kier alpha value is -2.05. The van der Waals surface area contributed by atoms with Crippen LogP contribution in [0, 0.1) is 6.92 Å². The Balaban J connectivity index is 1.73. The molecule has 1 fully saturated rings. The van der Waals surface area contributed by atoms with E-state index in [1.807, 2.05) is 31.2 Å². The van der Waals surface area contributed by atoms with Crippen LogP contribution in [0.4, 0.5) is 5.69 Å². The first kappa shape index (κ1) is 16.8. The highest BCUT2D eigenvalue weighted by molar-refractivity contribution is 8.14. The monoisotopic (exact) mass is 365 g/mol. The molecule has 1 atom stereocenters. The molecule has 24 heavy (non-hydrogen) atoms. The lowest BCUT2D eigenvalue weighted by atomic mass is 10.2. The van der Waals surface area contributed by atoms with E-state index in [0.717, 1.165) is 11.3 Å². The Labute approximate surface area is 145 Å². The Morgan fingerprint density at radius 2 is 1.58 bits per heavy atom. The molecule has 2 aromatic carbocycles. The number of halogens is 1. The fourth-order valence-corrected chi connectivity index (χ4v) is 3.58. The van der Waals surface area contributed by atoms with E-state index in [-0.39, 0.29) is 18.9 Å². The molecule has 0 N–H and O–H groups in total. The molecule has 1 unspecified atom stereocenters. The fraction of sp³-hybridized carbons (Fsp3) is 0.235. The van der Waals surface area contributed by atoms with Crippen LogP contribution in [0.3, 0.4) is 0 Å². The van der Waals surface area contributed by atoms with Crippen molar-refractivity contribution in [2.45, 2.75) is 18.6 Å². The van der Waals surface area contributed by atoms with Crippen molar-refractivity contribution >= 4 is 31.3 Å². The Morgan fingerprint density at radius 1 is 1.04 bits per heavy atom. The van der Waals surface area contributed by atoms with Gasteiger partial charge in [0.2, 0.25) is 15.0 Å². The topological polar surface area (TPSA) is 63.7 Å². The summed E-state index contributed by atoms with van der Waals surface area (Å²) in [6.45, 7) is 2.07. The van der Waals surface area contributed by atoms with Gasteiger partial charge < -0.3 is 9.64 Å². The number of aryl methyl sites for hydroxylation is 1. The van der Waals surface area contributed by atoms with E-state index < -0.39 is 14.3 Å². The minimum Gasteiger partial charge on any atom is -0.457 e. The SMILES string of the molecule is Cc1ccc(Oc2ccc(N3CC(S(=O)(=O)Cl)CC3=O)cc2)cc1.